The van der Waals surface area contributed by atoms with Gasteiger partial charge in [0.05, 0.1) is 17.2 Å². The summed E-state index contributed by atoms with van der Waals surface area (Å²) in [5.74, 6) is -0.331. The summed E-state index contributed by atoms with van der Waals surface area (Å²) in [7, 11) is 0. The van der Waals surface area contributed by atoms with Crippen LogP contribution in [0.25, 0.3) is 11.0 Å². The number of H-pyrrole nitrogens is 1. The van der Waals surface area contributed by atoms with Gasteiger partial charge in [-0.2, -0.15) is 0 Å². The van der Waals surface area contributed by atoms with Crippen molar-refractivity contribution in [2.45, 2.75) is 25.8 Å². The third kappa shape index (κ3) is 2.33. The van der Waals surface area contributed by atoms with Gasteiger partial charge in [-0.1, -0.05) is 0 Å². The zero-order chi connectivity index (χ0) is 11.1. The number of hydrogen-bond donors (Lipinski definition) is 2. The van der Waals surface area contributed by atoms with Gasteiger partial charge >= 0.3 is 0 Å². The number of aromatic amines is 1. The third-order valence-corrected chi connectivity index (χ3v) is 2.14. The Bertz CT molecular complexity index is 482. The van der Waals surface area contributed by atoms with E-state index in [4.69, 9.17) is 5.73 Å². The van der Waals surface area contributed by atoms with E-state index in [0.717, 1.165) is 11.2 Å². The second-order valence-corrected chi connectivity index (χ2v) is 4.55. The highest BCUT2D eigenvalue weighted by atomic mass is 19.1. The molecular formula is C11H14FN3. The lowest BCUT2D eigenvalue weighted by Gasteiger charge is -2.16. The SMILES string of the molecule is CC(C)(N)Cc1cc2ncc(F)cc2[nH]1. The van der Waals surface area contributed by atoms with Crippen LogP contribution < -0.4 is 5.73 Å². The molecule has 4 heteroatoms. The molecule has 2 rings (SSSR count). The van der Waals surface area contributed by atoms with E-state index < -0.39 is 0 Å². The number of pyridine rings is 1. The van der Waals surface area contributed by atoms with Crippen LogP contribution in [0.2, 0.25) is 0 Å². The van der Waals surface area contributed by atoms with E-state index in [2.05, 4.69) is 9.97 Å². The molecule has 0 spiro atoms. The summed E-state index contributed by atoms with van der Waals surface area (Å²) in [5, 5.41) is 0. The average Bonchev–Trinajstić information content (AvgIpc) is 2.42. The molecule has 0 atom stereocenters. The minimum atomic E-state index is -0.331. The van der Waals surface area contributed by atoms with Crippen molar-refractivity contribution in [3.05, 3.63) is 29.8 Å². The highest BCUT2D eigenvalue weighted by molar-refractivity contribution is 5.75. The van der Waals surface area contributed by atoms with Crippen LogP contribution in [0.4, 0.5) is 4.39 Å². The molecule has 3 N–H and O–H groups in total. The molecule has 0 aromatic carbocycles. The number of aromatic nitrogens is 2. The van der Waals surface area contributed by atoms with E-state index in [1.54, 1.807) is 0 Å². The summed E-state index contributed by atoms with van der Waals surface area (Å²) in [6, 6.07) is 3.35. The van der Waals surface area contributed by atoms with Gasteiger partial charge in [0.1, 0.15) is 5.82 Å². The lowest BCUT2D eigenvalue weighted by atomic mass is 10.0. The Labute approximate surface area is 87.5 Å². The summed E-state index contributed by atoms with van der Waals surface area (Å²) < 4.78 is 12.9. The molecule has 0 amide bonds. The highest BCUT2D eigenvalue weighted by Crippen LogP contribution is 2.16. The fourth-order valence-electron chi connectivity index (χ4n) is 1.63. The standard InChI is InChI=1S/C11H14FN3/c1-11(2,13)5-8-4-9-10(15-8)3-7(12)6-14-9/h3-4,6,15H,5,13H2,1-2H3. The molecule has 2 aromatic rings. The first-order valence-corrected chi connectivity index (χ1v) is 4.86. The van der Waals surface area contributed by atoms with E-state index in [0.29, 0.717) is 11.9 Å². The molecule has 0 aliphatic rings. The number of hydrogen-bond acceptors (Lipinski definition) is 2. The van der Waals surface area contributed by atoms with Gasteiger partial charge in [-0.3, -0.25) is 4.98 Å². The Kier molecular flexibility index (Phi) is 2.23. The van der Waals surface area contributed by atoms with Gasteiger partial charge in [-0.05, 0) is 19.9 Å². The number of nitrogens with two attached hydrogens (primary N) is 1. The van der Waals surface area contributed by atoms with Crippen molar-refractivity contribution in [3.8, 4) is 0 Å². The first kappa shape index (κ1) is 10.1. The van der Waals surface area contributed by atoms with Crippen LogP contribution in [0.3, 0.4) is 0 Å². The van der Waals surface area contributed by atoms with Crippen LogP contribution in [0, 0.1) is 5.82 Å². The lowest BCUT2D eigenvalue weighted by Crippen LogP contribution is -2.34. The van der Waals surface area contributed by atoms with Crippen LogP contribution >= 0.6 is 0 Å². The summed E-state index contributed by atoms with van der Waals surface area (Å²) in [4.78, 5) is 7.09. The molecule has 0 bridgehead atoms. The van der Waals surface area contributed by atoms with Crippen molar-refractivity contribution in [2.24, 2.45) is 5.73 Å². The molecular weight excluding hydrogens is 193 g/mol. The van der Waals surface area contributed by atoms with Crippen LogP contribution in [0.1, 0.15) is 19.5 Å². The van der Waals surface area contributed by atoms with Crippen LogP contribution in [0.5, 0.6) is 0 Å². The second kappa shape index (κ2) is 3.31. The molecule has 0 unspecified atom stereocenters. The van der Waals surface area contributed by atoms with Crippen LogP contribution in [-0.4, -0.2) is 15.5 Å². The predicted molar refractivity (Wildman–Crippen MR) is 58.0 cm³/mol. The molecule has 0 fully saturated rings. The van der Waals surface area contributed by atoms with E-state index >= 15 is 0 Å². The number of halogens is 1. The molecule has 0 saturated heterocycles. The fourth-order valence-corrected chi connectivity index (χ4v) is 1.63. The Morgan fingerprint density at radius 1 is 1.47 bits per heavy atom. The molecule has 0 saturated carbocycles. The first-order chi connectivity index (χ1) is 6.94. The van der Waals surface area contributed by atoms with Crippen molar-refractivity contribution in [3.63, 3.8) is 0 Å². The molecule has 2 heterocycles. The second-order valence-electron chi connectivity index (χ2n) is 4.55. The summed E-state index contributed by atoms with van der Waals surface area (Å²) >= 11 is 0. The maximum Gasteiger partial charge on any atom is 0.143 e. The minimum Gasteiger partial charge on any atom is -0.357 e. The zero-order valence-electron chi connectivity index (χ0n) is 8.84. The maximum absolute atomic E-state index is 12.9. The van der Waals surface area contributed by atoms with Crippen molar-refractivity contribution in [2.75, 3.05) is 0 Å². The quantitative estimate of drug-likeness (QED) is 0.791. The maximum atomic E-state index is 12.9. The summed E-state index contributed by atoms with van der Waals surface area (Å²) in [6.07, 6.45) is 1.93. The van der Waals surface area contributed by atoms with Gasteiger partial charge in [0.15, 0.2) is 0 Å². The highest BCUT2D eigenvalue weighted by Gasteiger charge is 2.13. The summed E-state index contributed by atoms with van der Waals surface area (Å²) in [6.45, 7) is 3.90. The topological polar surface area (TPSA) is 54.7 Å². The van der Waals surface area contributed by atoms with Crippen molar-refractivity contribution < 1.29 is 4.39 Å². The van der Waals surface area contributed by atoms with Gasteiger partial charge in [-0.15, -0.1) is 0 Å². The smallest absolute Gasteiger partial charge is 0.143 e. The van der Waals surface area contributed by atoms with Gasteiger partial charge in [0.25, 0.3) is 0 Å². The summed E-state index contributed by atoms with van der Waals surface area (Å²) in [5.41, 5.74) is 8.10. The molecule has 80 valence electrons. The number of nitrogens with one attached hydrogen (secondary N) is 1. The van der Waals surface area contributed by atoms with Gasteiger partial charge in [0.2, 0.25) is 0 Å². The van der Waals surface area contributed by atoms with Crippen LogP contribution in [0.15, 0.2) is 18.3 Å². The third-order valence-electron chi connectivity index (χ3n) is 2.14. The van der Waals surface area contributed by atoms with E-state index in [1.165, 1.54) is 12.3 Å². The molecule has 0 aliphatic carbocycles. The first-order valence-electron chi connectivity index (χ1n) is 4.86. The molecule has 15 heavy (non-hydrogen) atoms. The van der Waals surface area contributed by atoms with Gasteiger partial charge < -0.3 is 10.7 Å². The minimum absolute atomic E-state index is 0.278. The molecule has 0 aliphatic heterocycles. The molecule has 3 nitrogen and oxygen atoms in total. The molecule has 2 aromatic heterocycles. The van der Waals surface area contributed by atoms with Crippen molar-refractivity contribution in [1.82, 2.24) is 9.97 Å². The Morgan fingerprint density at radius 2 is 2.20 bits per heavy atom. The van der Waals surface area contributed by atoms with E-state index in [-0.39, 0.29) is 11.4 Å². The fraction of sp³-hybridized carbons (Fsp3) is 0.364. The van der Waals surface area contributed by atoms with Gasteiger partial charge in [-0.25, -0.2) is 4.39 Å². The lowest BCUT2D eigenvalue weighted by molar-refractivity contribution is 0.512. The monoisotopic (exact) mass is 207 g/mol. The van der Waals surface area contributed by atoms with E-state index in [9.17, 15) is 4.39 Å². The van der Waals surface area contributed by atoms with Crippen molar-refractivity contribution in [1.29, 1.82) is 0 Å². The van der Waals surface area contributed by atoms with Crippen LogP contribution in [-0.2, 0) is 6.42 Å². The Balaban J connectivity index is 2.39. The number of rotatable bonds is 2. The van der Waals surface area contributed by atoms with Gasteiger partial charge in [0, 0.05) is 23.7 Å². The Morgan fingerprint density at radius 3 is 2.87 bits per heavy atom. The zero-order valence-corrected chi connectivity index (χ0v) is 8.84. The van der Waals surface area contributed by atoms with E-state index in [1.807, 2.05) is 19.9 Å². The predicted octanol–water partition coefficient (Wildman–Crippen LogP) is 1.98. The Hall–Kier alpha value is -1.42. The number of nitrogens with zero attached hydrogens (tertiary/aromatic N) is 1. The normalized spacial score (nSPS) is 12.3. The molecule has 0 radical (unpaired) electrons. The average molecular weight is 207 g/mol. The number of fused-ring (bicyclic) bond motifs is 1. The largest absolute Gasteiger partial charge is 0.357 e. The van der Waals surface area contributed by atoms with Crippen molar-refractivity contribution >= 4 is 11.0 Å².